The van der Waals surface area contributed by atoms with E-state index in [-0.39, 0.29) is 5.79 Å². The maximum absolute atomic E-state index is 7.33. The quantitative estimate of drug-likeness (QED) is 0.0206. The van der Waals surface area contributed by atoms with Gasteiger partial charge in [0.25, 0.3) is 0 Å². The third-order valence-corrected chi connectivity index (χ3v) is 11.8. The highest BCUT2D eigenvalue weighted by Gasteiger charge is 2.35. The molecule has 0 amide bonds. The molecule has 0 saturated carbocycles. The van der Waals surface area contributed by atoms with Crippen molar-refractivity contribution in [1.29, 1.82) is 0 Å². The zero-order valence-electron chi connectivity index (χ0n) is 39.5. The Morgan fingerprint density at radius 2 is 0.679 bits per heavy atom. The van der Waals surface area contributed by atoms with Gasteiger partial charge in [-0.25, -0.2) is 10.9 Å². The van der Waals surface area contributed by atoms with Crippen LogP contribution in [-0.4, -0.2) is 67.4 Å². The minimum atomic E-state index is -0.590. The normalized spacial score (nSPS) is 14.2. The first-order valence-corrected chi connectivity index (χ1v) is 25.5. The van der Waals surface area contributed by atoms with Gasteiger partial charge in [0.2, 0.25) is 0 Å². The van der Waals surface area contributed by atoms with Gasteiger partial charge in [0.15, 0.2) is 5.79 Å². The monoisotopic (exact) mass is 795 g/mol. The molecule has 0 bridgehead atoms. The van der Waals surface area contributed by atoms with Crippen molar-refractivity contribution in [3.63, 3.8) is 0 Å². The number of unbranched alkanes of at least 4 members (excludes halogenated alkanes) is 22. The molecule has 0 saturated heterocycles. The molecule has 8 nitrogen and oxygen atoms in total. The first-order chi connectivity index (χ1) is 27.4. The van der Waals surface area contributed by atoms with Gasteiger partial charge in [0.1, 0.15) is 5.79 Å². The molecule has 0 rings (SSSR count). The number of nitrogens with zero attached hydrogens (tertiary/aromatic N) is 2. The Morgan fingerprint density at radius 3 is 1.16 bits per heavy atom. The van der Waals surface area contributed by atoms with Crippen LogP contribution in [0.1, 0.15) is 254 Å². The first kappa shape index (κ1) is 55.7. The highest BCUT2D eigenvalue weighted by atomic mass is 15.8. The summed E-state index contributed by atoms with van der Waals surface area (Å²) in [5.74, 6) is -0.671. The van der Waals surface area contributed by atoms with E-state index >= 15 is 0 Å². The van der Waals surface area contributed by atoms with Crippen LogP contribution in [0, 0.1) is 0 Å². The smallest absolute Gasteiger partial charge is 0.150 e. The maximum Gasteiger partial charge on any atom is 0.150 e. The summed E-state index contributed by atoms with van der Waals surface area (Å²) < 4.78 is 0. The summed E-state index contributed by atoms with van der Waals surface area (Å²) in [6.07, 6.45) is 40.5. The molecule has 0 heterocycles. The van der Waals surface area contributed by atoms with Crippen LogP contribution in [0.2, 0.25) is 0 Å². The molecule has 0 aliphatic heterocycles. The molecule has 0 fully saturated rings. The standard InChI is InChI=1S/C48H106N8/c1-8-15-22-25-31-37-44-54-56(53-43-36-30-23-16-9-2)47(49,50-40-19-12-5)38-32-28-26-27-29-33-39-48(51-41-34-18-11-4,52-42-35-24-17-10-3)55(45-20-13-6)46-21-14-7/h50-54H,8-46,49H2,1-7H3. The molecule has 0 spiro atoms. The van der Waals surface area contributed by atoms with Crippen molar-refractivity contribution in [1.82, 2.24) is 36.8 Å². The van der Waals surface area contributed by atoms with Crippen LogP contribution in [0.15, 0.2) is 0 Å². The first-order valence-electron chi connectivity index (χ1n) is 25.5. The van der Waals surface area contributed by atoms with E-state index in [9.17, 15) is 0 Å². The Morgan fingerprint density at radius 1 is 0.339 bits per heavy atom. The molecule has 0 radical (unpaired) electrons. The second kappa shape index (κ2) is 41.4. The molecule has 338 valence electrons. The predicted octanol–water partition coefficient (Wildman–Crippen LogP) is 12.3. The van der Waals surface area contributed by atoms with E-state index in [1.807, 2.05) is 0 Å². The minimum Gasteiger partial charge on any atom is -0.299 e. The van der Waals surface area contributed by atoms with Gasteiger partial charge < -0.3 is 0 Å². The fourth-order valence-corrected chi connectivity index (χ4v) is 7.93. The van der Waals surface area contributed by atoms with E-state index < -0.39 is 5.79 Å². The van der Waals surface area contributed by atoms with Crippen LogP contribution in [0.5, 0.6) is 0 Å². The van der Waals surface area contributed by atoms with Gasteiger partial charge in [-0.05, 0) is 90.3 Å². The largest absolute Gasteiger partial charge is 0.299 e. The molecule has 7 N–H and O–H groups in total. The topological polar surface area (TPSA) is 92.6 Å². The van der Waals surface area contributed by atoms with Crippen LogP contribution in [0.25, 0.3) is 0 Å². The molecular formula is C48H106N8. The average molecular weight is 795 g/mol. The summed E-state index contributed by atoms with van der Waals surface area (Å²) in [6, 6.07) is 0. The molecule has 2 atom stereocenters. The van der Waals surface area contributed by atoms with Gasteiger partial charge in [-0.2, -0.15) is 0 Å². The summed E-state index contributed by atoms with van der Waals surface area (Å²) in [6.45, 7) is 23.7. The average Bonchev–Trinajstić information content (AvgIpc) is 3.20. The lowest BCUT2D eigenvalue weighted by atomic mass is 10.0. The second-order valence-electron chi connectivity index (χ2n) is 17.3. The lowest BCUT2D eigenvalue weighted by molar-refractivity contribution is -0.0459. The van der Waals surface area contributed by atoms with Crippen molar-refractivity contribution in [2.75, 3.05) is 45.8 Å². The van der Waals surface area contributed by atoms with Crippen LogP contribution in [0.4, 0.5) is 0 Å². The van der Waals surface area contributed by atoms with Crippen molar-refractivity contribution in [3.8, 4) is 0 Å². The van der Waals surface area contributed by atoms with Gasteiger partial charge in [-0.3, -0.25) is 26.6 Å². The van der Waals surface area contributed by atoms with Crippen LogP contribution in [-0.2, 0) is 0 Å². The lowest BCUT2D eigenvalue weighted by Gasteiger charge is -2.46. The SMILES string of the molecule is CCCCCCCCNN(NCCCCCCC)C(N)(CCCCCCCCC(NCCCCC)(NCCCCCC)N(CCCC)CCCC)NCCCC. The highest BCUT2D eigenvalue weighted by Crippen LogP contribution is 2.23. The molecular weight excluding hydrogens is 689 g/mol. The molecule has 0 aromatic rings. The van der Waals surface area contributed by atoms with Gasteiger partial charge in [-0.1, -0.05) is 183 Å². The summed E-state index contributed by atoms with van der Waals surface area (Å²) in [4.78, 5) is 2.82. The van der Waals surface area contributed by atoms with Gasteiger partial charge >= 0.3 is 0 Å². The Hall–Kier alpha value is -0.320. The Bertz CT molecular complexity index is 763. The summed E-state index contributed by atoms with van der Waals surface area (Å²) in [5.41, 5.74) is 14.9. The molecule has 2 unspecified atom stereocenters. The van der Waals surface area contributed by atoms with Crippen molar-refractivity contribution in [3.05, 3.63) is 0 Å². The summed E-state index contributed by atoms with van der Waals surface area (Å²) in [7, 11) is 0. The van der Waals surface area contributed by atoms with E-state index in [1.165, 1.54) is 199 Å². The zero-order valence-corrected chi connectivity index (χ0v) is 39.5. The molecule has 0 aromatic heterocycles. The fourth-order valence-electron chi connectivity index (χ4n) is 7.93. The molecule has 0 aliphatic rings. The number of hydrogen-bond donors (Lipinski definition) is 6. The second-order valence-corrected chi connectivity index (χ2v) is 17.3. The maximum atomic E-state index is 7.33. The Balaban J connectivity index is 5.47. The highest BCUT2D eigenvalue weighted by molar-refractivity contribution is 4.87. The Kier molecular flexibility index (Phi) is 41.2. The van der Waals surface area contributed by atoms with E-state index in [2.05, 4.69) is 85.3 Å². The Labute approximate surface area is 352 Å². The number of hydrogen-bond acceptors (Lipinski definition) is 8. The van der Waals surface area contributed by atoms with Crippen molar-refractivity contribution >= 4 is 0 Å². The zero-order chi connectivity index (χ0) is 41.3. The van der Waals surface area contributed by atoms with E-state index in [1.54, 1.807) is 0 Å². The van der Waals surface area contributed by atoms with Gasteiger partial charge in [-0.15, -0.1) is 5.12 Å². The molecule has 56 heavy (non-hydrogen) atoms. The minimum absolute atomic E-state index is 0.0808. The number of hydrazine groups is 2. The molecule has 0 aliphatic carbocycles. The lowest BCUT2D eigenvalue weighted by Crippen LogP contribution is -2.73. The fraction of sp³-hybridized carbons (Fsp3) is 1.00. The van der Waals surface area contributed by atoms with Crippen molar-refractivity contribution in [2.45, 2.75) is 266 Å². The van der Waals surface area contributed by atoms with Crippen LogP contribution >= 0.6 is 0 Å². The number of rotatable bonds is 47. The third kappa shape index (κ3) is 29.8. The van der Waals surface area contributed by atoms with Crippen LogP contribution in [0.3, 0.4) is 0 Å². The predicted molar refractivity (Wildman–Crippen MR) is 251 cm³/mol. The van der Waals surface area contributed by atoms with Crippen LogP contribution < -0.4 is 32.5 Å². The third-order valence-electron chi connectivity index (χ3n) is 11.8. The summed E-state index contributed by atoms with van der Waals surface area (Å²) >= 11 is 0. The van der Waals surface area contributed by atoms with Gasteiger partial charge in [0, 0.05) is 26.2 Å². The van der Waals surface area contributed by atoms with E-state index in [4.69, 9.17) is 5.73 Å². The molecule has 8 heteroatoms. The number of nitrogens with two attached hydrogens (primary N) is 1. The number of nitrogens with one attached hydrogen (secondary N) is 5. The van der Waals surface area contributed by atoms with E-state index in [0.717, 1.165) is 52.0 Å². The van der Waals surface area contributed by atoms with Crippen molar-refractivity contribution < 1.29 is 0 Å². The van der Waals surface area contributed by atoms with E-state index in [0.29, 0.717) is 0 Å². The summed E-state index contributed by atoms with van der Waals surface area (Å²) in [5, 5.41) is 14.4. The molecule has 0 aromatic carbocycles. The van der Waals surface area contributed by atoms with Crippen molar-refractivity contribution in [2.24, 2.45) is 5.73 Å². The van der Waals surface area contributed by atoms with Gasteiger partial charge in [0.05, 0.1) is 0 Å².